The van der Waals surface area contributed by atoms with Gasteiger partial charge < -0.3 is 14.2 Å². The van der Waals surface area contributed by atoms with E-state index in [-0.39, 0.29) is 6.79 Å². The first-order valence-electron chi connectivity index (χ1n) is 6.45. The maximum Gasteiger partial charge on any atom is 0.231 e. The fourth-order valence-electron chi connectivity index (χ4n) is 2.08. The Morgan fingerprint density at radius 3 is 2.71 bits per heavy atom. The number of fused-ring (bicyclic) bond motifs is 1. The zero-order chi connectivity index (χ0) is 14.8. The summed E-state index contributed by atoms with van der Waals surface area (Å²) in [5, 5.41) is 0.658. The number of hydrogen-bond donors (Lipinski definition) is 0. The zero-order valence-electron chi connectivity index (χ0n) is 11.7. The maximum atomic E-state index is 6.00. The summed E-state index contributed by atoms with van der Waals surface area (Å²) in [6.07, 6.45) is 1.74. The Hall–Kier alpha value is -2.20. The van der Waals surface area contributed by atoms with Crippen LogP contribution in [0.25, 0.3) is 0 Å². The van der Waals surface area contributed by atoms with Crippen LogP contribution in [0.1, 0.15) is 11.1 Å². The van der Waals surface area contributed by atoms with Crippen LogP contribution in [0.15, 0.2) is 35.3 Å². The first-order chi connectivity index (χ1) is 10.2. The minimum absolute atomic E-state index is 0.229. The Labute approximate surface area is 127 Å². The minimum Gasteiger partial charge on any atom is -0.496 e. The molecule has 0 bridgehead atoms. The Morgan fingerprint density at radius 1 is 1.19 bits per heavy atom. The van der Waals surface area contributed by atoms with Crippen LogP contribution in [0.2, 0.25) is 5.02 Å². The van der Waals surface area contributed by atoms with E-state index in [1.54, 1.807) is 19.4 Å². The second-order valence-corrected chi connectivity index (χ2v) is 5.07. The number of hydrogen-bond acceptors (Lipinski definition) is 4. The molecule has 0 aliphatic carbocycles. The molecule has 4 nitrogen and oxygen atoms in total. The molecule has 5 heteroatoms. The number of aryl methyl sites for hydroxylation is 1. The lowest BCUT2D eigenvalue weighted by atomic mass is 10.1. The summed E-state index contributed by atoms with van der Waals surface area (Å²) in [4.78, 5) is 4.49. The van der Waals surface area contributed by atoms with Crippen LogP contribution in [0.5, 0.6) is 17.2 Å². The fraction of sp³-hybridized carbons (Fsp3) is 0.188. The normalized spacial score (nSPS) is 12.9. The zero-order valence-corrected chi connectivity index (χ0v) is 12.5. The fourth-order valence-corrected chi connectivity index (χ4v) is 2.24. The molecule has 1 aliphatic heterocycles. The molecule has 0 spiro atoms. The van der Waals surface area contributed by atoms with Gasteiger partial charge in [-0.05, 0) is 30.7 Å². The van der Waals surface area contributed by atoms with Gasteiger partial charge in [0.15, 0.2) is 11.5 Å². The Kier molecular flexibility index (Phi) is 3.71. The van der Waals surface area contributed by atoms with E-state index in [4.69, 9.17) is 25.8 Å². The Bertz CT molecular complexity index is 713. The molecule has 0 unspecified atom stereocenters. The van der Waals surface area contributed by atoms with Crippen LogP contribution in [0.4, 0.5) is 5.69 Å². The lowest BCUT2D eigenvalue weighted by Crippen LogP contribution is -1.92. The second kappa shape index (κ2) is 5.66. The van der Waals surface area contributed by atoms with Crippen molar-refractivity contribution in [3.05, 3.63) is 46.5 Å². The molecule has 0 amide bonds. The van der Waals surface area contributed by atoms with Crippen molar-refractivity contribution < 1.29 is 14.2 Å². The van der Waals surface area contributed by atoms with Crippen molar-refractivity contribution in [2.45, 2.75) is 6.92 Å². The molecule has 0 saturated heterocycles. The van der Waals surface area contributed by atoms with Gasteiger partial charge in [0.05, 0.1) is 12.8 Å². The Balaban J connectivity index is 1.97. The third kappa shape index (κ3) is 2.81. The standard InChI is InChI=1S/C16H14ClNO3/c1-10-3-4-12(17)6-13(10)18-8-11-5-15-16(21-9-20-15)7-14(11)19-2/h3-8H,9H2,1-2H3. The molecular formula is C16H14ClNO3. The van der Waals surface area contributed by atoms with Gasteiger partial charge in [0.1, 0.15) is 5.75 Å². The van der Waals surface area contributed by atoms with E-state index in [2.05, 4.69) is 4.99 Å². The predicted molar refractivity (Wildman–Crippen MR) is 82.6 cm³/mol. The van der Waals surface area contributed by atoms with Gasteiger partial charge >= 0.3 is 0 Å². The van der Waals surface area contributed by atoms with Crippen molar-refractivity contribution in [1.82, 2.24) is 0 Å². The molecule has 3 rings (SSSR count). The van der Waals surface area contributed by atoms with Crippen LogP contribution in [-0.2, 0) is 0 Å². The van der Waals surface area contributed by atoms with Crippen molar-refractivity contribution in [3.63, 3.8) is 0 Å². The van der Waals surface area contributed by atoms with Crippen molar-refractivity contribution in [3.8, 4) is 17.2 Å². The molecular weight excluding hydrogens is 290 g/mol. The van der Waals surface area contributed by atoms with Gasteiger partial charge in [-0.2, -0.15) is 0 Å². The summed E-state index contributed by atoms with van der Waals surface area (Å²) in [6, 6.07) is 9.26. The minimum atomic E-state index is 0.229. The van der Waals surface area contributed by atoms with Gasteiger partial charge in [-0.25, -0.2) is 0 Å². The number of halogens is 1. The van der Waals surface area contributed by atoms with Crippen LogP contribution < -0.4 is 14.2 Å². The van der Waals surface area contributed by atoms with Crippen LogP contribution in [0.3, 0.4) is 0 Å². The first-order valence-corrected chi connectivity index (χ1v) is 6.83. The quantitative estimate of drug-likeness (QED) is 0.800. The molecule has 2 aromatic carbocycles. The van der Waals surface area contributed by atoms with Crippen molar-refractivity contribution >= 4 is 23.5 Å². The van der Waals surface area contributed by atoms with E-state index in [0.717, 1.165) is 16.8 Å². The third-order valence-electron chi connectivity index (χ3n) is 3.24. The summed E-state index contributed by atoms with van der Waals surface area (Å²) in [6.45, 7) is 2.21. The van der Waals surface area contributed by atoms with Gasteiger partial charge in [0.25, 0.3) is 0 Å². The highest BCUT2D eigenvalue weighted by molar-refractivity contribution is 6.30. The lowest BCUT2D eigenvalue weighted by Gasteiger charge is -2.06. The monoisotopic (exact) mass is 303 g/mol. The van der Waals surface area contributed by atoms with Gasteiger partial charge in [-0.15, -0.1) is 0 Å². The molecule has 0 fully saturated rings. The van der Waals surface area contributed by atoms with Gasteiger partial charge in [-0.1, -0.05) is 17.7 Å². The number of aliphatic imine (C=N–C) groups is 1. The number of methoxy groups -OCH3 is 1. The van der Waals surface area contributed by atoms with Crippen LogP contribution >= 0.6 is 11.6 Å². The average molecular weight is 304 g/mol. The summed E-state index contributed by atoms with van der Waals surface area (Å²) in [5.41, 5.74) is 2.69. The van der Waals surface area contributed by atoms with E-state index >= 15 is 0 Å². The van der Waals surface area contributed by atoms with E-state index < -0.39 is 0 Å². The molecule has 0 N–H and O–H groups in total. The van der Waals surface area contributed by atoms with Crippen molar-refractivity contribution in [2.24, 2.45) is 4.99 Å². The van der Waals surface area contributed by atoms with Crippen LogP contribution in [0, 0.1) is 6.92 Å². The molecule has 0 saturated carbocycles. The highest BCUT2D eigenvalue weighted by atomic mass is 35.5. The molecule has 0 radical (unpaired) electrons. The van der Waals surface area contributed by atoms with E-state index in [9.17, 15) is 0 Å². The molecule has 1 heterocycles. The molecule has 1 aliphatic rings. The lowest BCUT2D eigenvalue weighted by molar-refractivity contribution is 0.174. The van der Waals surface area contributed by atoms with Crippen molar-refractivity contribution in [2.75, 3.05) is 13.9 Å². The molecule has 21 heavy (non-hydrogen) atoms. The SMILES string of the molecule is COc1cc2c(cc1C=Nc1cc(Cl)ccc1C)OCO2. The number of ether oxygens (including phenoxy) is 3. The van der Waals surface area contributed by atoms with E-state index in [1.165, 1.54) is 0 Å². The summed E-state index contributed by atoms with van der Waals surface area (Å²) >= 11 is 6.00. The third-order valence-corrected chi connectivity index (χ3v) is 3.47. The molecule has 0 aromatic heterocycles. The summed E-state index contributed by atoms with van der Waals surface area (Å²) in [5.74, 6) is 2.06. The number of rotatable bonds is 3. The number of nitrogens with zero attached hydrogens (tertiary/aromatic N) is 1. The largest absolute Gasteiger partial charge is 0.496 e. The highest BCUT2D eigenvalue weighted by Gasteiger charge is 2.16. The Morgan fingerprint density at radius 2 is 1.95 bits per heavy atom. The maximum absolute atomic E-state index is 6.00. The predicted octanol–water partition coefficient (Wildman–Crippen LogP) is 4.14. The first kappa shape index (κ1) is 13.8. The van der Waals surface area contributed by atoms with E-state index in [0.29, 0.717) is 22.3 Å². The summed E-state index contributed by atoms with van der Waals surface area (Å²) in [7, 11) is 1.61. The second-order valence-electron chi connectivity index (χ2n) is 4.64. The molecule has 108 valence electrons. The van der Waals surface area contributed by atoms with Gasteiger partial charge in [-0.3, -0.25) is 4.99 Å². The smallest absolute Gasteiger partial charge is 0.231 e. The highest BCUT2D eigenvalue weighted by Crippen LogP contribution is 2.37. The van der Waals surface area contributed by atoms with Gasteiger partial charge in [0.2, 0.25) is 6.79 Å². The van der Waals surface area contributed by atoms with E-state index in [1.807, 2.05) is 31.2 Å². The summed E-state index contributed by atoms with van der Waals surface area (Å²) < 4.78 is 16.1. The van der Waals surface area contributed by atoms with Crippen molar-refractivity contribution in [1.29, 1.82) is 0 Å². The van der Waals surface area contributed by atoms with Crippen LogP contribution in [-0.4, -0.2) is 20.1 Å². The average Bonchev–Trinajstić information content (AvgIpc) is 2.94. The van der Waals surface area contributed by atoms with Gasteiger partial charge in [0, 0.05) is 22.9 Å². The number of benzene rings is 2. The molecule has 2 aromatic rings. The molecule has 0 atom stereocenters. The topological polar surface area (TPSA) is 40.0 Å².